The topological polar surface area (TPSA) is 32.3 Å². The number of carbonyl (C=O) groups excluding carboxylic acids is 1. The highest BCUT2D eigenvalue weighted by Gasteiger charge is 2.39. The summed E-state index contributed by atoms with van der Waals surface area (Å²) in [7, 11) is 0. The van der Waals surface area contributed by atoms with E-state index in [0.717, 1.165) is 18.5 Å². The maximum atomic E-state index is 12.9. The van der Waals surface area contributed by atoms with Crippen molar-refractivity contribution in [2.24, 2.45) is 0 Å². The van der Waals surface area contributed by atoms with Gasteiger partial charge < -0.3 is 4.90 Å². The predicted octanol–water partition coefficient (Wildman–Crippen LogP) is 1.72. The highest BCUT2D eigenvalue weighted by Crippen LogP contribution is 2.40. The second-order valence-corrected chi connectivity index (χ2v) is 5.34. The molecule has 5 heteroatoms. The van der Waals surface area contributed by atoms with Gasteiger partial charge in [0.2, 0.25) is 5.91 Å². The molecule has 0 saturated carbocycles. The van der Waals surface area contributed by atoms with Gasteiger partial charge in [0, 0.05) is 6.54 Å². The maximum Gasteiger partial charge on any atom is 0.235 e. The van der Waals surface area contributed by atoms with Crippen molar-refractivity contribution in [1.29, 1.82) is 0 Å². The largest absolute Gasteiger partial charge is 0.310 e. The Morgan fingerprint density at radius 2 is 2.06 bits per heavy atom. The van der Waals surface area contributed by atoms with Crippen molar-refractivity contribution in [3.8, 4) is 0 Å². The number of nitrogens with one attached hydrogen (secondary N) is 1. The van der Waals surface area contributed by atoms with Gasteiger partial charge in [-0.25, -0.2) is 4.39 Å². The minimum absolute atomic E-state index is 0.0286. The molecule has 0 aromatic heterocycles. The Balaban J connectivity index is 1.85. The molecule has 2 atom stereocenters. The zero-order chi connectivity index (χ0) is 11.8. The van der Waals surface area contributed by atoms with Gasteiger partial charge in [-0.2, -0.15) is 0 Å². The van der Waals surface area contributed by atoms with Crippen LogP contribution in [-0.2, 0) is 4.79 Å². The Morgan fingerprint density at radius 3 is 2.65 bits per heavy atom. The summed E-state index contributed by atoms with van der Waals surface area (Å²) < 4.78 is 12.9. The zero-order valence-corrected chi connectivity index (χ0v) is 10.0. The van der Waals surface area contributed by atoms with Crippen LogP contribution in [0, 0.1) is 5.82 Å². The number of hydrogen-bond acceptors (Lipinski definition) is 3. The Labute approximate surface area is 103 Å². The zero-order valence-electron chi connectivity index (χ0n) is 9.23. The number of hydrogen-bond donors (Lipinski definition) is 1. The summed E-state index contributed by atoms with van der Waals surface area (Å²) in [5.41, 5.74) is 0.996. The van der Waals surface area contributed by atoms with E-state index in [1.54, 1.807) is 23.9 Å². The molecule has 0 spiro atoms. The van der Waals surface area contributed by atoms with Crippen molar-refractivity contribution in [2.75, 3.05) is 12.3 Å². The number of benzene rings is 1. The van der Waals surface area contributed by atoms with Crippen LogP contribution in [0.2, 0.25) is 0 Å². The van der Waals surface area contributed by atoms with Gasteiger partial charge in [0.25, 0.3) is 0 Å². The molecule has 1 aromatic carbocycles. The van der Waals surface area contributed by atoms with E-state index in [2.05, 4.69) is 5.32 Å². The Morgan fingerprint density at radius 1 is 1.35 bits per heavy atom. The quantitative estimate of drug-likeness (QED) is 0.870. The van der Waals surface area contributed by atoms with Gasteiger partial charge in [-0.1, -0.05) is 12.1 Å². The lowest BCUT2D eigenvalue weighted by Crippen LogP contribution is -2.55. The van der Waals surface area contributed by atoms with Gasteiger partial charge in [-0.05, 0) is 24.1 Å². The van der Waals surface area contributed by atoms with Gasteiger partial charge in [0.1, 0.15) is 11.2 Å². The van der Waals surface area contributed by atoms with E-state index in [4.69, 9.17) is 0 Å². The van der Waals surface area contributed by atoms with E-state index in [1.807, 2.05) is 4.90 Å². The molecule has 2 aliphatic heterocycles. The number of carbonyl (C=O) groups is 1. The number of rotatable bonds is 2. The summed E-state index contributed by atoms with van der Waals surface area (Å²) in [5.74, 6) is 0.443. The molecule has 0 bridgehead atoms. The normalized spacial score (nSPS) is 28.3. The van der Waals surface area contributed by atoms with Crippen molar-refractivity contribution in [3.63, 3.8) is 0 Å². The average Bonchev–Trinajstić information content (AvgIpc) is 2.61. The van der Waals surface area contributed by atoms with Gasteiger partial charge in [0.15, 0.2) is 0 Å². The molecule has 3 rings (SSSR count). The summed E-state index contributed by atoms with van der Waals surface area (Å²) in [6, 6.07) is 6.42. The lowest BCUT2D eigenvalue weighted by atomic mass is 10.1. The third-order valence-electron chi connectivity index (χ3n) is 3.19. The smallest absolute Gasteiger partial charge is 0.235 e. The van der Waals surface area contributed by atoms with Crippen LogP contribution < -0.4 is 5.32 Å². The van der Waals surface area contributed by atoms with Crippen LogP contribution in [0.15, 0.2) is 24.3 Å². The molecule has 1 amide bonds. The van der Waals surface area contributed by atoms with E-state index < -0.39 is 0 Å². The third kappa shape index (κ3) is 1.93. The number of thioether (sulfide) groups is 1. The van der Waals surface area contributed by atoms with Crippen molar-refractivity contribution < 1.29 is 9.18 Å². The fourth-order valence-electron chi connectivity index (χ4n) is 2.17. The first-order valence-corrected chi connectivity index (χ1v) is 6.72. The van der Waals surface area contributed by atoms with Crippen molar-refractivity contribution in [3.05, 3.63) is 35.6 Å². The molecule has 2 unspecified atom stereocenters. The van der Waals surface area contributed by atoms with Crippen LogP contribution in [0.5, 0.6) is 0 Å². The summed E-state index contributed by atoms with van der Waals surface area (Å²) in [6.45, 7) is 0.968. The Kier molecular flexibility index (Phi) is 2.80. The van der Waals surface area contributed by atoms with Gasteiger partial charge in [-0.3, -0.25) is 10.1 Å². The molecule has 2 fully saturated rings. The second-order valence-electron chi connectivity index (χ2n) is 4.27. The summed E-state index contributed by atoms with van der Waals surface area (Å²) in [4.78, 5) is 13.7. The molecule has 2 saturated heterocycles. The highest BCUT2D eigenvalue weighted by molar-refractivity contribution is 8.00. The Bertz CT molecular complexity index is 433. The number of amides is 1. The van der Waals surface area contributed by atoms with Gasteiger partial charge >= 0.3 is 0 Å². The summed E-state index contributed by atoms with van der Waals surface area (Å²) >= 11 is 1.61. The van der Waals surface area contributed by atoms with Crippen molar-refractivity contribution in [1.82, 2.24) is 10.2 Å². The molecular formula is C12H13FN2OS. The van der Waals surface area contributed by atoms with Crippen molar-refractivity contribution in [2.45, 2.75) is 18.0 Å². The predicted molar refractivity (Wildman–Crippen MR) is 64.9 cm³/mol. The summed E-state index contributed by atoms with van der Waals surface area (Å²) in [5, 5.41) is 3.28. The molecule has 0 aliphatic carbocycles. The molecule has 1 N–H and O–H groups in total. The second kappa shape index (κ2) is 4.31. The lowest BCUT2D eigenvalue weighted by molar-refractivity contribution is -0.132. The summed E-state index contributed by atoms with van der Waals surface area (Å²) in [6.07, 6.45) is 1.16. The monoisotopic (exact) mass is 252 g/mol. The number of halogens is 1. The van der Waals surface area contributed by atoms with Gasteiger partial charge in [0.05, 0.1) is 11.9 Å². The molecule has 3 nitrogen and oxygen atoms in total. The maximum absolute atomic E-state index is 12.9. The third-order valence-corrected chi connectivity index (χ3v) is 4.42. The van der Waals surface area contributed by atoms with E-state index in [-0.39, 0.29) is 23.3 Å². The SMILES string of the molecule is O=C1CSC(c2ccc(F)cc2)N1C1CCN1. The first-order chi connectivity index (χ1) is 8.25. The van der Waals surface area contributed by atoms with E-state index >= 15 is 0 Å². The molecule has 90 valence electrons. The molecule has 17 heavy (non-hydrogen) atoms. The molecule has 1 aromatic rings. The standard InChI is InChI=1S/C12H13FN2OS/c13-9-3-1-8(2-4-9)12-15(10-5-6-14-10)11(16)7-17-12/h1-4,10,12,14H,5-7H2. The van der Waals surface area contributed by atoms with Gasteiger partial charge in [-0.15, -0.1) is 11.8 Å². The highest BCUT2D eigenvalue weighted by atomic mass is 32.2. The minimum atomic E-state index is -0.239. The molecule has 0 radical (unpaired) electrons. The molecule has 2 heterocycles. The van der Waals surface area contributed by atoms with E-state index in [9.17, 15) is 9.18 Å². The fraction of sp³-hybridized carbons (Fsp3) is 0.417. The number of nitrogens with zero attached hydrogens (tertiary/aromatic N) is 1. The van der Waals surface area contributed by atoms with Crippen LogP contribution in [-0.4, -0.2) is 29.3 Å². The van der Waals surface area contributed by atoms with Crippen molar-refractivity contribution >= 4 is 17.7 Å². The lowest BCUT2D eigenvalue weighted by Gasteiger charge is -2.39. The van der Waals surface area contributed by atoms with Crippen LogP contribution in [0.4, 0.5) is 4.39 Å². The van der Waals surface area contributed by atoms with E-state index in [1.165, 1.54) is 12.1 Å². The van der Waals surface area contributed by atoms with Crippen LogP contribution in [0.25, 0.3) is 0 Å². The first-order valence-electron chi connectivity index (χ1n) is 5.67. The first kappa shape index (κ1) is 11.0. The van der Waals surface area contributed by atoms with Crippen LogP contribution >= 0.6 is 11.8 Å². The average molecular weight is 252 g/mol. The Hall–Kier alpha value is -1.07. The molecule has 2 aliphatic rings. The fourth-order valence-corrected chi connectivity index (χ4v) is 3.39. The molecular weight excluding hydrogens is 239 g/mol. The van der Waals surface area contributed by atoms with Crippen LogP contribution in [0.3, 0.4) is 0 Å². The van der Waals surface area contributed by atoms with E-state index in [0.29, 0.717) is 5.75 Å². The minimum Gasteiger partial charge on any atom is -0.310 e. The van der Waals surface area contributed by atoms with Crippen LogP contribution in [0.1, 0.15) is 17.4 Å².